The number of aliphatic hydroxyl groups is 2. The Morgan fingerprint density at radius 3 is 2.36 bits per heavy atom. The lowest BCUT2D eigenvalue weighted by molar-refractivity contribution is -0.235. The molecule has 4 rings (SSSR count). The maximum Gasteiger partial charge on any atom is 0.508 e. The number of hydrogen-bond acceptors (Lipinski definition) is 8. The minimum absolute atomic E-state index is 0.146. The van der Waals surface area contributed by atoms with Gasteiger partial charge in [-0.1, -0.05) is 43.3 Å². The summed E-state index contributed by atoms with van der Waals surface area (Å²) in [4.78, 5) is 24.1. The van der Waals surface area contributed by atoms with E-state index < -0.39 is 42.6 Å². The van der Waals surface area contributed by atoms with Crippen molar-refractivity contribution in [1.82, 2.24) is 0 Å². The highest BCUT2D eigenvalue weighted by Crippen LogP contribution is 2.40. The first-order chi connectivity index (χ1) is 15.9. The van der Waals surface area contributed by atoms with Crippen molar-refractivity contribution < 1.29 is 38.7 Å². The van der Waals surface area contributed by atoms with Crippen molar-refractivity contribution in [3.63, 3.8) is 0 Å². The van der Waals surface area contributed by atoms with Gasteiger partial charge in [-0.3, -0.25) is 0 Å². The summed E-state index contributed by atoms with van der Waals surface area (Å²) < 4.78 is 21.1. The molecule has 5 unspecified atom stereocenters. The fraction of sp³-hybridized carbons (Fsp3) is 0.440. The molecule has 176 valence electrons. The number of carbonyl (C=O) groups is 2. The number of fused-ring (bicyclic) bond motifs is 3. The van der Waals surface area contributed by atoms with Crippen LogP contribution in [0.25, 0.3) is 0 Å². The Bertz CT molecular complexity index is 1000. The van der Waals surface area contributed by atoms with E-state index in [0.29, 0.717) is 17.5 Å². The van der Waals surface area contributed by atoms with E-state index in [9.17, 15) is 19.8 Å². The molecule has 2 aliphatic heterocycles. The number of aryl methyl sites for hydroxylation is 1. The van der Waals surface area contributed by atoms with Crippen LogP contribution < -0.4 is 0 Å². The summed E-state index contributed by atoms with van der Waals surface area (Å²) in [6.07, 6.45) is -4.97. The van der Waals surface area contributed by atoms with Gasteiger partial charge < -0.3 is 29.2 Å². The van der Waals surface area contributed by atoms with Crippen molar-refractivity contribution in [3.05, 3.63) is 70.3 Å². The smallest absolute Gasteiger partial charge is 0.453 e. The van der Waals surface area contributed by atoms with Gasteiger partial charge in [-0.25, -0.2) is 9.59 Å². The Hall–Kier alpha value is -2.94. The third-order valence-electron chi connectivity index (χ3n) is 6.04. The Labute approximate surface area is 192 Å². The largest absolute Gasteiger partial charge is 0.508 e. The number of esters is 1. The van der Waals surface area contributed by atoms with Crippen LogP contribution in [0, 0.1) is 0 Å². The monoisotopic (exact) mass is 456 g/mol. The number of rotatable bonds is 6. The van der Waals surface area contributed by atoms with Crippen molar-refractivity contribution in [3.8, 4) is 0 Å². The van der Waals surface area contributed by atoms with Gasteiger partial charge in [0.1, 0.15) is 31.0 Å². The number of carbonyl (C=O) groups excluding carboxylic acids is 2. The lowest BCUT2D eigenvalue weighted by Crippen LogP contribution is -2.58. The van der Waals surface area contributed by atoms with Crippen LogP contribution in [0.4, 0.5) is 4.79 Å². The van der Waals surface area contributed by atoms with Gasteiger partial charge in [0.15, 0.2) is 6.10 Å². The van der Waals surface area contributed by atoms with E-state index in [2.05, 4.69) is 31.2 Å². The van der Waals surface area contributed by atoms with Gasteiger partial charge in [0.2, 0.25) is 0 Å². The van der Waals surface area contributed by atoms with Crippen LogP contribution in [0.15, 0.2) is 42.5 Å². The molecule has 0 saturated carbocycles. The maximum atomic E-state index is 12.5. The zero-order chi connectivity index (χ0) is 23.5. The molecule has 2 aromatic carbocycles. The molecule has 1 saturated heterocycles. The summed E-state index contributed by atoms with van der Waals surface area (Å²) in [5.41, 5.74) is 4.27. The quantitative estimate of drug-likeness (QED) is 0.639. The van der Waals surface area contributed by atoms with Gasteiger partial charge in [0.25, 0.3) is 0 Å². The minimum atomic E-state index is -1.41. The highest BCUT2D eigenvalue weighted by molar-refractivity contribution is 5.92. The van der Waals surface area contributed by atoms with Gasteiger partial charge in [0.05, 0.1) is 12.2 Å². The standard InChI is InChI=1S/C25H28O8/c1-3-14-5-7-15(8-6-14)11-16-9-10-17-18(12-16)22-23(33-24(17)28)21(27)20(26)19(32-22)13-31-25(29)30-4-2/h5-10,12,19-23,26-27H,3-4,11,13H2,1-2H3. The Morgan fingerprint density at radius 2 is 1.67 bits per heavy atom. The van der Waals surface area contributed by atoms with Crippen molar-refractivity contribution in [2.24, 2.45) is 0 Å². The summed E-state index contributed by atoms with van der Waals surface area (Å²) in [5.74, 6) is -0.582. The average molecular weight is 456 g/mol. The molecule has 0 aromatic heterocycles. The normalized spacial score (nSPS) is 26.1. The van der Waals surface area contributed by atoms with Crippen LogP contribution in [-0.2, 0) is 31.8 Å². The molecule has 0 spiro atoms. The molecule has 2 aromatic rings. The fourth-order valence-electron chi connectivity index (χ4n) is 4.23. The average Bonchev–Trinajstić information content (AvgIpc) is 2.82. The molecule has 1 fully saturated rings. The summed E-state index contributed by atoms with van der Waals surface area (Å²) in [7, 11) is 0. The zero-order valence-corrected chi connectivity index (χ0v) is 18.6. The van der Waals surface area contributed by atoms with Crippen molar-refractivity contribution >= 4 is 12.1 Å². The molecule has 5 atom stereocenters. The molecule has 2 aliphatic rings. The molecule has 2 heterocycles. The predicted octanol–water partition coefficient (Wildman–Crippen LogP) is 2.71. The molecular formula is C25H28O8. The minimum Gasteiger partial charge on any atom is -0.453 e. The first kappa shape index (κ1) is 23.2. The Kier molecular flexibility index (Phi) is 6.97. The van der Waals surface area contributed by atoms with E-state index in [1.165, 1.54) is 5.56 Å². The van der Waals surface area contributed by atoms with Gasteiger partial charge >= 0.3 is 12.1 Å². The molecule has 0 amide bonds. The van der Waals surface area contributed by atoms with E-state index in [-0.39, 0.29) is 13.2 Å². The molecule has 8 heteroatoms. The van der Waals surface area contributed by atoms with Crippen molar-refractivity contribution in [2.45, 2.75) is 57.2 Å². The second kappa shape index (κ2) is 9.91. The Morgan fingerprint density at radius 1 is 0.970 bits per heavy atom. The molecule has 2 N–H and O–H groups in total. The van der Waals surface area contributed by atoms with Gasteiger partial charge in [-0.2, -0.15) is 0 Å². The lowest BCUT2D eigenvalue weighted by atomic mass is 9.85. The third kappa shape index (κ3) is 4.88. The second-order valence-electron chi connectivity index (χ2n) is 8.21. The van der Waals surface area contributed by atoms with Gasteiger partial charge in [-0.05, 0) is 48.1 Å². The van der Waals surface area contributed by atoms with Crippen molar-refractivity contribution in [2.75, 3.05) is 13.2 Å². The highest BCUT2D eigenvalue weighted by atomic mass is 16.7. The van der Waals surface area contributed by atoms with Crippen molar-refractivity contribution in [1.29, 1.82) is 0 Å². The molecule has 0 aliphatic carbocycles. The van der Waals surface area contributed by atoms with Crippen LogP contribution in [0.1, 0.15) is 52.6 Å². The molecule has 0 bridgehead atoms. The van der Waals surface area contributed by atoms with Gasteiger partial charge in [0, 0.05) is 0 Å². The van der Waals surface area contributed by atoms with Crippen LogP contribution in [-0.4, -0.2) is 60.0 Å². The number of aliphatic hydroxyl groups excluding tert-OH is 2. The number of ether oxygens (including phenoxy) is 4. The maximum absolute atomic E-state index is 12.5. The lowest BCUT2D eigenvalue weighted by Gasteiger charge is -2.44. The van der Waals surface area contributed by atoms with Crippen LogP contribution in [0.2, 0.25) is 0 Å². The summed E-state index contributed by atoms with van der Waals surface area (Å²) in [6, 6.07) is 13.8. The van der Waals surface area contributed by atoms with E-state index >= 15 is 0 Å². The topological polar surface area (TPSA) is 112 Å². The first-order valence-electron chi connectivity index (χ1n) is 11.1. The summed E-state index contributed by atoms with van der Waals surface area (Å²) in [5, 5.41) is 21.1. The Balaban J connectivity index is 1.57. The second-order valence-corrected chi connectivity index (χ2v) is 8.21. The number of hydrogen-bond donors (Lipinski definition) is 2. The number of benzene rings is 2. The molecular weight excluding hydrogens is 428 g/mol. The zero-order valence-electron chi connectivity index (χ0n) is 18.6. The summed E-state index contributed by atoms with van der Waals surface area (Å²) in [6.45, 7) is 3.58. The highest BCUT2D eigenvalue weighted by Gasteiger charge is 2.50. The molecule has 8 nitrogen and oxygen atoms in total. The van der Waals surface area contributed by atoms with Gasteiger partial charge in [-0.15, -0.1) is 0 Å². The van der Waals surface area contributed by atoms with Crippen LogP contribution in [0.3, 0.4) is 0 Å². The van der Waals surface area contributed by atoms with E-state index in [1.807, 2.05) is 12.1 Å². The summed E-state index contributed by atoms with van der Waals surface area (Å²) >= 11 is 0. The molecule has 0 radical (unpaired) electrons. The van der Waals surface area contributed by atoms with E-state index in [0.717, 1.165) is 17.5 Å². The van der Waals surface area contributed by atoms with Crippen LogP contribution >= 0.6 is 0 Å². The van der Waals surface area contributed by atoms with Crippen LogP contribution in [0.5, 0.6) is 0 Å². The fourth-order valence-corrected chi connectivity index (χ4v) is 4.23. The SMILES string of the molecule is CCOC(=O)OCC1OC2c3cc(Cc4ccc(CC)cc4)ccc3C(=O)OC2C(O)C1O. The van der Waals surface area contributed by atoms with E-state index in [4.69, 9.17) is 18.9 Å². The first-order valence-corrected chi connectivity index (χ1v) is 11.1. The molecule has 33 heavy (non-hydrogen) atoms. The predicted molar refractivity (Wildman–Crippen MR) is 117 cm³/mol. The van der Waals surface area contributed by atoms with E-state index in [1.54, 1.807) is 13.0 Å². The third-order valence-corrected chi connectivity index (χ3v) is 6.04.